The molecule has 0 aliphatic carbocycles. The second-order valence-electron chi connectivity index (χ2n) is 4.65. The van der Waals surface area contributed by atoms with Crippen molar-refractivity contribution in [1.29, 1.82) is 0 Å². The summed E-state index contributed by atoms with van der Waals surface area (Å²) in [6.45, 7) is 1.03. The van der Waals surface area contributed by atoms with Gasteiger partial charge in [-0.3, -0.25) is 4.79 Å². The number of nitrogens with zero attached hydrogens (tertiary/aromatic N) is 2. The van der Waals surface area contributed by atoms with E-state index in [-0.39, 0.29) is 22.7 Å². The smallest absolute Gasteiger partial charge is 0.329 e. The third-order valence-electron chi connectivity index (χ3n) is 2.97. The first-order valence-corrected chi connectivity index (χ1v) is 8.29. The fourth-order valence-corrected chi connectivity index (χ4v) is 2.20. The number of rotatable bonds is 6. The van der Waals surface area contributed by atoms with E-state index in [0.717, 1.165) is 0 Å². The largest absolute Gasteiger partial charge is 0.471 e. The van der Waals surface area contributed by atoms with E-state index >= 15 is 0 Å². The summed E-state index contributed by atoms with van der Waals surface area (Å²) in [6, 6.07) is 5.35. The quantitative estimate of drug-likeness (QED) is 0.786. The van der Waals surface area contributed by atoms with Gasteiger partial charge < -0.3 is 4.52 Å². The zero-order valence-corrected chi connectivity index (χ0v) is 13.1. The van der Waals surface area contributed by atoms with Gasteiger partial charge in [0.15, 0.2) is 5.78 Å². The van der Waals surface area contributed by atoms with Crippen LogP contribution in [-0.2, 0) is 16.2 Å². The van der Waals surface area contributed by atoms with Gasteiger partial charge in [0, 0.05) is 11.1 Å². The average Bonchev–Trinajstić information content (AvgIpc) is 3.03. The molecule has 0 aliphatic rings. The lowest BCUT2D eigenvalue weighted by molar-refractivity contribution is -0.159. The van der Waals surface area contributed by atoms with Crippen molar-refractivity contribution in [1.82, 2.24) is 14.9 Å². The van der Waals surface area contributed by atoms with Crippen LogP contribution >= 0.6 is 0 Å². The molecule has 0 amide bonds. The van der Waals surface area contributed by atoms with Gasteiger partial charge in [-0.15, -0.1) is 0 Å². The Morgan fingerprint density at radius 3 is 2.38 bits per heavy atom. The normalized spacial score (nSPS) is 12.3. The molecule has 11 heteroatoms. The van der Waals surface area contributed by atoms with E-state index in [0.29, 0.717) is 0 Å². The molecule has 1 heterocycles. The standard InChI is InChI=1S/C13H12F3N3O4S/c1-2-24(21,22)17-7-10(20)8-3-5-9(6-4-8)11-18-12(23-19-11)13(14,15)16/h3-6,17H,2,7H2,1H3. The fourth-order valence-electron chi connectivity index (χ4n) is 1.64. The molecule has 24 heavy (non-hydrogen) atoms. The van der Waals surface area contributed by atoms with Crippen LogP contribution in [-0.4, -0.2) is 36.6 Å². The molecule has 0 atom stereocenters. The van der Waals surface area contributed by atoms with Crippen molar-refractivity contribution in [3.05, 3.63) is 35.7 Å². The molecule has 2 aromatic rings. The van der Waals surface area contributed by atoms with Gasteiger partial charge in [0.25, 0.3) is 0 Å². The topological polar surface area (TPSA) is 102 Å². The van der Waals surface area contributed by atoms with Crippen molar-refractivity contribution in [2.75, 3.05) is 12.3 Å². The Hall–Kier alpha value is -2.27. The van der Waals surface area contributed by atoms with Crippen LogP contribution in [0.5, 0.6) is 0 Å². The predicted molar refractivity (Wildman–Crippen MR) is 76.5 cm³/mol. The van der Waals surface area contributed by atoms with Crippen LogP contribution in [0.3, 0.4) is 0 Å². The molecule has 1 aromatic heterocycles. The molecule has 0 bridgehead atoms. The van der Waals surface area contributed by atoms with E-state index < -0.39 is 34.4 Å². The maximum absolute atomic E-state index is 12.4. The van der Waals surface area contributed by atoms with E-state index in [1.807, 2.05) is 0 Å². The molecule has 1 aromatic carbocycles. The summed E-state index contributed by atoms with van der Waals surface area (Å²) in [5.74, 6) is -2.37. The summed E-state index contributed by atoms with van der Waals surface area (Å²) in [5, 5.41) is 3.22. The molecule has 0 aliphatic heterocycles. The van der Waals surface area contributed by atoms with Crippen LogP contribution in [0.25, 0.3) is 11.4 Å². The molecule has 2 rings (SSSR count). The minimum absolute atomic E-state index is 0.154. The summed E-state index contributed by atoms with van der Waals surface area (Å²) >= 11 is 0. The lowest BCUT2D eigenvalue weighted by atomic mass is 10.1. The minimum atomic E-state index is -4.74. The highest BCUT2D eigenvalue weighted by Crippen LogP contribution is 2.29. The number of benzene rings is 1. The Morgan fingerprint density at radius 1 is 1.25 bits per heavy atom. The van der Waals surface area contributed by atoms with Crippen molar-refractivity contribution in [2.45, 2.75) is 13.1 Å². The van der Waals surface area contributed by atoms with E-state index in [1.165, 1.54) is 31.2 Å². The summed E-state index contributed by atoms with van der Waals surface area (Å²) in [6.07, 6.45) is -4.74. The molecule has 0 saturated heterocycles. The Balaban J connectivity index is 2.10. The van der Waals surface area contributed by atoms with Crippen LogP contribution in [0.4, 0.5) is 13.2 Å². The number of carbonyl (C=O) groups excluding carboxylic acids is 1. The van der Waals surface area contributed by atoms with E-state index in [2.05, 4.69) is 19.4 Å². The molecule has 0 fully saturated rings. The number of aromatic nitrogens is 2. The third kappa shape index (κ3) is 4.38. The van der Waals surface area contributed by atoms with Crippen LogP contribution < -0.4 is 4.72 Å². The maximum atomic E-state index is 12.4. The highest BCUT2D eigenvalue weighted by molar-refractivity contribution is 7.89. The molecular formula is C13H12F3N3O4S. The first-order chi connectivity index (χ1) is 11.1. The molecule has 130 valence electrons. The zero-order chi connectivity index (χ0) is 18.0. The third-order valence-corrected chi connectivity index (χ3v) is 4.31. The second-order valence-corrected chi connectivity index (χ2v) is 6.74. The fraction of sp³-hybridized carbons (Fsp3) is 0.308. The molecule has 1 N–H and O–H groups in total. The number of hydrogen-bond acceptors (Lipinski definition) is 6. The first kappa shape index (κ1) is 18.1. The number of sulfonamides is 1. The van der Waals surface area contributed by atoms with Crippen molar-refractivity contribution >= 4 is 15.8 Å². The Kier molecular flexibility index (Phi) is 5.04. The van der Waals surface area contributed by atoms with Gasteiger partial charge in [-0.2, -0.15) is 18.2 Å². The van der Waals surface area contributed by atoms with Crippen molar-refractivity contribution in [3.63, 3.8) is 0 Å². The summed E-state index contributed by atoms with van der Waals surface area (Å²) in [5.41, 5.74) is 0.414. The number of hydrogen-bond donors (Lipinski definition) is 1. The van der Waals surface area contributed by atoms with Gasteiger partial charge in [0.2, 0.25) is 15.8 Å². The highest BCUT2D eigenvalue weighted by atomic mass is 32.2. The number of carbonyl (C=O) groups is 1. The van der Waals surface area contributed by atoms with Crippen LogP contribution in [0.1, 0.15) is 23.2 Å². The van der Waals surface area contributed by atoms with Crippen LogP contribution in [0.2, 0.25) is 0 Å². The Labute approximate surface area is 134 Å². The molecule has 0 unspecified atom stereocenters. The van der Waals surface area contributed by atoms with Gasteiger partial charge >= 0.3 is 12.1 Å². The van der Waals surface area contributed by atoms with Crippen LogP contribution in [0.15, 0.2) is 28.8 Å². The van der Waals surface area contributed by atoms with Gasteiger partial charge in [-0.1, -0.05) is 29.4 Å². The Morgan fingerprint density at radius 2 is 1.88 bits per heavy atom. The number of alkyl halides is 3. The minimum Gasteiger partial charge on any atom is -0.329 e. The molecule has 0 spiro atoms. The van der Waals surface area contributed by atoms with E-state index in [4.69, 9.17) is 0 Å². The summed E-state index contributed by atoms with van der Waals surface area (Å²) < 4.78 is 66.0. The first-order valence-electron chi connectivity index (χ1n) is 6.64. The highest BCUT2D eigenvalue weighted by Gasteiger charge is 2.38. The zero-order valence-electron chi connectivity index (χ0n) is 12.3. The predicted octanol–water partition coefficient (Wildman–Crippen LogP) is 1.88. The van der Waals surface area contributed by atoms with E-state index in [1.54, 1.807) is 0 Å². The number of Topliss-reactive ketones (excluding diaryl/α,β-unsaturated/α-hetero) is 1. The molecule has 0 radical (unpaired) electrons. The number of ketones is 1. The maximum Gasteiger partial charge on any atom is 0.471 e. The van der Waals surface area contributed by atoms with E-state index in [9.17, 15) is 26.4 Å². The molecule has 7 nitrogen and oxygen atoms in total. The molecule has 0 saturated carbocycles. The van der Waals surface area contributed by atoms with Gasteiger partial charge in [0.05, 0.1) is 12.3 Å². The Bertz CT molecular complexity index is 829. The van der Waals surface area contributed by atoms with Crippen molar-refractivity contribution < 1.29 is 30.9 Å². The van der Waals surface area contributed by atoms with Gasteiger partial charge in [-0.05, 0) is 6.92 Å². The SMILES string of the molecule is CCS(=O)(=O)NCC(=O)c1ccc(-c2noc(C(F)(F)F)n2)cc1. The summed E-state index contributed by atoms with van der Waals surface area (Å²) in [4.78, 5) is 15.1. The monoisotopic (exact) mass is 363 g/mol. The van der Waals surface area contributed by atoms with Crippen molar-refractivity contribution in [3.8, 4) is 11.4 Å². The number of nitrogens with one attached hydrogen (secondary N) is 1. The number of halogens is 3. The second kappa shape index (κ2) is 6.69. The lowest BCUT2D eigenvalue weighted by Gasteiger charge is -2.04. The van der Waals surface area contributed by atoms with Crippen LogP contribution in [0, 0.1) is 0 Å². The molecular weight excluding hydrogens is 351 g/mol. The van der Waals surface area contributed by atoms with Crippen molar-refractivity contribution in [2.24, 2.45) is 0 Å². The lowest BCUT2D eigenvalue weighted by Crippen LogP contribution is -2.30. The van der Waals surface area contributed by atoms with Gasteiger partial charge in [-0.25, -0.2) is 13.1 Å². The average molecular weight is 363 g/mol. The summed E-state index contributed by atoms with van der Waals surface area (Å²) in [7, 11) is -3.49. The van der Waals surface area contributed by atoms with Gasteiger partial charge in [0.1, 0.15) is 0 Å².